The van der Waals surface area contributed by atoms with E-state index in [9.17, 15) is 14.0 Å². The van der Waals surface area contributed by atoms with E-state index in [2.05, 4.69) is 10.2 Å². The van der Waals surface area contributed by atoms with E-state index < -0.39 is 5.82 Å². The predicted molar refractivity (Wildman–Crippen MR) is 115 cm³/mol. The number of hydrogen-bond donors (Lipinski definition) is 1. The van der Waals surface area contributed by atoms with Gasteiger partial charge in [0.2, 0.25) is 5.91 Å². The molecule has 6 heteroatoms. The Bertz CT molecular complexity index is 875. The molecule has 1 atom stereocenters. The average Bonchev–Trinajstić information content (AvgIpc) is 3.29. The summed E-state index contributed by atoms with van der Waals surface area (Å²) in [6.07, 6.45) is 4.43. The maximum Gasteiger partial charge on any atom is 0.256 e. The van der Waals surface area contributed by atoms with Gasteiger partial charge >= 0.3 is 0 Å². The number of anilines is 1. The molecule has 5 nitrogen and oxygen atoms in total. The molecule has 2 amide bonds. The number of hydrogen-bond acceptors (Lipinski definition) is 3. The molecule has 0 spiro atoms. The van der Waals surface area contributed by atoms with Gasteiger partial charge in [-0.2, -0.15) is 0 Å². The number of carbonyl (C=O) groups is 2. The molecule has 2 aliphatic rings. The van der Waals surface area contributed by atoms with Crippen LogP contribution < -0.4 is 5.32 Å². The molecular weight excluding hydrogens is 381 g/mol. The van der Waals surface area contributed by atoms with Crippen molar-refractivity contribution in [3.05, 3.63) is 66.0 Å². The molecule has 0 bridgehead atoms. The van der Waals surface area contributed by atoms with E-state index >= 15 is 0 Å². The van der Waals surface area contributed by atoms with Crippen molar-refractivity contribution in [3.63, 3.8) is 0 Å². The number of benzene rings is 2. The van der Waals surface area contributed by atoms with Crippen molar-refractivity contribution >= 4 is 17.5 Å². The van der Waals surface area contributed by atoms with Crippen molar-refractivity contribution in [1.82, 2.24) is 9.80 Å². The van der Waals surface area contributed by atoms with E-state index in [-0.39, 0.29) is 23.4 Å². The summed E-state index contributed by atoms with van der Waals surface area (Å²) < 4.78 is 14.0. The van der Waals surface area contributed by atoms with Crippen LogP contribution in [0.5, 0.6) is 0 Å². The van der Waals surface area contributed by atoms with E-state index in [0.717, 1.165) is 31.4 Å². The van der Waals surface area contributed by atoms with Crippen molar-refractivity contribution in [2.24, 2.45) is 5.92 Å². The van der Waals surface area contributed by atoms with Gasteiger partial charge in [-0.15, -0.1) is 0 Å². The quantitative estimate of drug-likeness (QED) is 0.818. The van der Waals surface area contributed by atoms with Crippen LogP contribution in [0.4, 0.5) is 10.1 Å². The highest BCUT2D eigenvalue weighted by atomic mass is 19.1. The zero-order valence-electron chi connectivity index (χ0n) is 17.1. The standard InChI is InChI=1S/C24H28FN3O2/c25-21-13-7-6-12-20(21)24(30)28-16-14-27(15-17-28)22(18-8-4-5-9-18)23(29)26-19-10-2-1-3-11-19/h1-3,6-7,10-13,18,22H,4-5,8-9,14-17H2,(H,26,29). The Labute approximate surface area is 176 Å². The Morgan fingerprint density at radius 1 is 0.900 bits per heavy atom. The lowest BCUT2D eigenvalue weighted by molar-refractivity contribution is -0.123. The fraction of sp³-hybridized carbons (Fsp3) is 0.417. The smallest absolute Gasteiger partial charge is 0.256 e. The third-order valence-electron chi connectivity index (χ3n) is 6.26. The van der Waals surface area contributed by atoms with Crippen molar-refractivity contribution in [1.29, 1.82) is 0 Å². The van der Waals surface area contributed by atoms with E-state index in [1.54, 1.807) is 17.0 Å². The molecule has 1 N–H and O–H groups in total. The molecule has 30 heavy (non-hydrogen) atoms. The molecule has 2 aromatic carbocycles. The van der Waals surface area contributed by atoms with Gasteiger partial charge in [-0.05, 0) is 43.0 Å². The minimum Gasteiger partial charge on any atom is -0.336 e. The molecule has 0 radical (unpaired) electrons. The lowest BCUT2D eigenvalue weighted by Gasteiger charge is -2.40. The Kier molecular flexibility index (Phi) is 6.43. The Balaban J connectivity index is 1.43. The first-order valence-corrected chi connectivity index (χ1v) is 10.8. The molecule has 1 saturated heterocycles. The molecular formula is C24H28FN3O2. The second-order valence-electron chi connectivity index (χ2n) is 8.15. The molecule has 2 fully saturated rings. The molecule has 1 heterocycles. The molecule has 1 unspecified atom stereocenters. The molecule has 2 aromatic rings. The van der Waals surface area contributed by atoms with Crippen LogP contribution in [0.1, 0.15) is 36.0 Å². The third-order valence-corrected chi connectivity index (χ3v) is 6.26. The summed E-state index contributed by atoms with van der Waals surface area (Å²) in [6, 6.07) is 15.4. The predicted octanol–water partition coefficient (Wildman–Crippen LogP) is 3.78. The SMILES string of the molecule is O=C(Nc1ccccc1)C(C1CCCC1)N1CCN(C(=O)c2ccccc2F)CC1. The van der Waals surface area contributed by atoms with Crippen molar-refractivity contribution in [2.45, 2.75) is 31.7 Å². The summed E-state index contributed by atoms with van der Waals surface area (Å²) in [5.74, 6) is -0.403. The van der Waals surface area contributed by atoms with Crippen LogP contribution in [0, 0.1) is 11.7 Å². The Hall–Kier alpha value is -2.73. The lowest BCUT2D eigenvalue weighted by Crippen LogP contribution is -2.57. The number of amides is 2. The molecule has 158 valence electrons. The van der Waals surface area contributed by atoms with Crippen LogP contribution in [0.3, 0.4) is 0 Å². The van der Waals surface area contributed by atoms with Crippen LogP contribution in [-0.4, -0.2) is 53.8 Å². The van der Waals surface area contributed by atoms with Crippen LogP contribution in [0.2, 0.25) is 0 Å². The summed E-state index contributed by atoms with van der Waals surface area (Å²) in [7, 11) is 0. The second kappa shape index (κ2) is 9.39. The topological polar surface area (TPSA) is 52.7 Å². The number of halogens is 1. The molecule has 0 aromatic heterocycles. The monoisotopic (exact) mass is 409 g/mol. The van der Waals surface area contributed by atoms with E-state index in [0.29, 0.717) is 32.1 Å². The second-order valence-corrected chi connectivity index (χ2v) is 8.15. The highest BCUT2D eigenvalue weighted by Gasteiger charge is 2.37. The zero-order valence-corrected chi connectivity index (χ0v) is 17.1. The van der Waals surface area contributed by atoms with Crippen LogP contribution in [0.25, 0.3) is 0 Å². The normalized spacial score (nSPS) is 18.9. The fourth-order valence-electron chi connectivity index (χ4n) is 4.70. The average molecular weight is 410 g/mol. The number of piperazine rings is 1. The van der Waals surface area contributed by atoms with E-state index in [4.69, 9.17) is 0 Å². The maximum absolute atomic E-state index is 14.0. The summed E-state index contributed by atoms with van der Waals surface area (Å²) in [5, 5.41) is 3.07. The van der Waals surface area contributed by atoms with Gasteiger partial charge in [0.15, 0.2) is 0 Å². The summed E-state index contributed by atoms with van der Waals surface area (Å²) >= 11 is 0. The van der Waals surface area contributed by atoms with Gasteiger partial charge < -0.3 is 10.2 Å². The van der Waals surface area contributed by atoms with Gasteiger partial charge in [-0.1, -0.05) is 43.2 Å². The van der Waals surface area contributed by atoms with Gasteiger partial charge in [0.1, 0.15) is 5.82 Å². The molecule has 1 aliphatic heterocycles. The van der Waals surface area contributed by atoms with Crippen molar-refractivity contribution < 1.29 is 14.0 Å². The highest BCUT2D eigenvalue weighted by molar-refractivity contribution is 5.95. The highest BCUT2D eigenvalue weighted by Crippen LogP contribution is 2.31. The number of rotatable bonds is 5. The fourth-order valence-corrected chi connectivity index (χ4v) is 4.70. The minimum atomic E-state index is -0.490. The largest absolute Gasteiger partial charge is 0.336 e. The van der Waals surface area contributed by atoms with Gasteiger partial charge in [0.25, 0.3) is 5.91 Å². The van der Waals surface area contributed by atoms with Crippen LogP contribution >= 0.6 is 0 Å². The zero-order chi connectivity index (χ0) is 20.9. The van der Waals surface area contributed by atoms with Crippen molar-refractivity contribution in [3.8, 4) is 0 Å². The summed E-state index contributed by atoms with van der Waals surface area (Å²) in [4.78, 5) is 29.8. The third kappa shape index (κ3) is 4.54. The first kappa shape index (κ1) is 20.5. The first-order valence-electron chi connectivity index (χ1n) is 10.8. The number of para-hydroxylation sites is 1. The molecule has 4 rings (SSSR count). The van der Waals surface area contributed by atoms with E-state index in [1.807, 2.05) is 30.3 Å². The lowest BCUT2D eigenvalue weighted by atomic mass is 9.94. The molecule has 1 saturated carbocycles. The van der Waals surface area contributed by atoms with Crippen LogP contribution in [0.15, 0.2) is 54.6 Å². The summed E-state index contributed by atoms with van der Waals surface area (Å²) in [5.41, 5.74) is 0.916. The minimum absolute atomic E-state index is 0.0296. The number of nitrogens with one attached hydrogen (secondary N) is 1. The first-order chi connectivity index (χ1) is 14.6. The Morgan fingerprint density at radius 2 is 1.53 bits per heavy atom. The van der Waals surface area contributed by atoms with Gasteiger partial charge in [-0.3, -0.25) is 14.5 Å². The van der Waals surface area contributed by atoms with Gasteiger partial charge in [0.05, 0.1) is 11.6 Å². The van der Waals surface area contributed by atoms with Gasteiger partial charge in [0, 0.05) is 31.9 Å². The number of nitrogens with zero attached hydrogens (tertiary/aromatic N) is 2. The Morgan fingerprint density at radius 3 is 2.20 bits per heavy atom. The van der Waals surface area contributed by atoms with Crippen molar-refractivity contribution in [2.75, 3.05) is 31.5 Å². The summed E-state index contributed by atoms with van der Waals surface area (Å²) in [6.45, 7) is 2.22. The molecule has 1 aliphatic carbocycles. The van der Waals surface area contributed by atoms with E-state index in [1.165, 1.54) is 12.1 Å². The number of carbonyl (C=O) groups excluding carboxylic acids is 2. The van der Waals surface area contributed by atoms with Crippen LogP contribution in [-0.2, 0) is 4.79 Å². The van der Waals surface area contributed by atoms with Gasteiger partial charge in [-0.25, -0.2) is 4.39 Å². The maximum atomic E-state index is 14.0.